The van der Waals surface area contributed by atoms with Crippen LogP contribution in [0.4, 0.5) is 0 Å². The number of hydrogen-bond acceptors (Lipinski definition) is 7. The fourth-order valence-electron chi connectivity index (χ4n) is 8.89. The molecule has 2 unspecified atom stereocenters. The number of aromatic nitrogens is 4. The lowest BCUT2D eigenvalue weighted by Gasteiger charge is -2.60. The summed E-state index contributed by atoms with van der Waals surface area (Å²) >= 11 is 4.29. The second kappa shape index (κ2) is 8.24. The van der Waals surface area contributed by atoms with Crippen LogP contribution in [0.1, 0.15) is 70.1 Å². The first-order valence-electron chi connectivity index (χ1n) is 13.9. The molecule has 5 aliphatic rings. The van der Waals surface area contributed by atoms with Gasteiger partial charge in [-0.1, -0.05) is 19.4 Å². The van der Waals surface area contributed by atoms with E-state index in [1.54, 1.807) is 18.6 Å². The maximum atomic E-state index is 13.1. The second-order valence-corrected chi connectivity index (χ2v) is 13.1. The van der Waals surface area contributed by atoms with E-state index >= 15 is 0 Å². The minimum atomic E-state index is -1.26. The van der Waals surface area contributed by atoms with Crippen molar-refractivity contribution in [1.82, 2.24) is 19.7 Å². The molecule has 0 aromatic carbocycles. The van der Waals surface area contributed by atoms with Gasteiger partial charge in [-0.2, -0.15) is 5.10 Å². The average Bonchev–Trinajstić information content (AvgIpc) is 3.60. The van der Waals surface area contributed by atoms with Gasteiger partial charge in [0, 0.05) is 17.8 Å². The summed E-state index contributed by atoms with van der Waals surface area (Å²) in [6, 6.07) is 0. The fourth-order valence-corrected chi connectivity index (χ4v) is 9.31. The molecule has 0 radical (unpaired) electrons. The molecule has 4 fully saturated rings. The molecule has 200 valence electrons. The molecule has 5 aliphatic carbocycles. The van der Waals surface area contributed by atoms with E-state index in [1.807, 2.05) is 10.9 Å². The van der Waals surface area contributed by atoms with Crippen molar-refractivity contribution >= 4 is 29.8 Å². The van der Waals surface area contributed by atoms with Gasteiger partial charge in [-0.05, 0) is 86.2 Å². The third-order valence-electron chi connectivity index (χ3n) is 10.8. The first-order valence-corrected chi connectivity index (χ1v) is 14.3. The minimum Gasteiger partial charge on any atom is -0.449 e. The Morgan fingerprint density at radius 3 is 2.68 bits per heavy atom. The van der Waals surface area contributed by atoms with Gasteiger partial charge in [-0.25, -0.2) is 9.67 Å². The average molecular weight is 535 g/mol. The predicted molar refractivity (Wildman–Crippen MR) is 142 cm³/mol. The van der Waals surface area contributed by atoms with Gasteiger partial charge in [0.05, 0.1) is 30.1 Å². The molecule has 0 aliphatic heterocycles. The highest BCUT2D eigenvalue weighted by molar-refractivity contribution is 7.96. The van der Waals surface area contributed by atoms with E-state index in [0.29, 0.717) is 18.7 Å². The molecule has 0 amide bonds. The third-order valence-corrected chi connectivity index (χ3v) is 11.2. The molecule has 0 spiro atoms. The Hall–Kier alpha value is -2.52. The zero-order chi connectivity index (χ0) is 26.4. The van der Waals surface area contributed by atoms with Crippen molar-refractivity contribution in [1.29, 1.82) is 0 Å². The maximum absolute atomic E-state index is 13.1. The molecule has 7 atom stereocenters. The normalized spacial score (nSPS) is 39.3. The Bertz CT molecular complexity index is 1360. The molecular weight excluding hydrogens is 500 g/mol. The summed E-state index contributed by atoms with van der Waals surface area (Å²) in [5, 5.41) is 16.1. The number of esters is 1. The Morgan fingerprint density at radius 1 is 1.16 bits per heavy atom. The van der Waals surface area contributed by atoms with E-state index < -0.39 is 17.1 Å². The van der Waals surface area contributed by atoms with Crippen LogP contribution in [-0.2, 0) is 20.7 Å². The summed E-state index contributed by atoms with van der Waals surface area (Å²) in [6.07, 6.45) is 14.6. The van der Waals surface area contributed by atoms with E-state index in [1.165, 1.54) is 5.57 Å². The second-order valence-electron chi connectivity index (χ2n) is 12.7. The first-order chi connectivity index (χ1) is 18.2. The van der Waals surface area contributed by atoms with Gasteiger partial charge in [0.25, 0.3) is 0 Å². The van der Waals surface area contributed by atoms with Crippen LogP contribution >= 0.6 is 12.6 Å². The Kier molecular flexibility index (Phi) is 5.32. The zero-order valence-corrected chi connectivity index (χ0v) is 22.7. The quantitative estimate of drug-likeness (QED) is 0.452. The van der Waals surface area contributed by atoms with Gasteiger partial charge in [0.15, 0.2) is 11.4 Å². The highest BCUT2D eigenvalue weighted by atomic mass is 32.1. The van der Waals surface area contributed by atoms with E-state index in [4.69, 9.17) is 4.74 Å². The Morgan fingerprint density at radius 2 is 1.97 bits per heavy atom. The van der Waals surface area contributed by atoms with Gasteiger partial charge in [-0.15, -0.1) is 12.6 Å². The van der Waals surface area contributed by atoms with Crippen LogP contribution in [0.3, 0.4) is 0 Å². The van der Waals surface area contributed by atoms with Crippen molar-refractivity contribution in [2.45, 2.75) is 76.9 Å². The number of aliphatic hydroxyl groups excluding tert-OH is 1. The van der Waals surface area contributed by atoms with Crippen molar-refractivity contribution in [2.75, 3.05) is 0 Å². The van der Waals surface area contributed by atoms with Crippen molar-refractivity contribution < 1.29 is 19.4 Å². The molecule has 9 heteroatoms. The van der Waals surface area contributed by atoms with Gasteiger partial charge >= 0.3 is 5.97 Å². The summed E-state index contributed by atoms with van der Waals surface area (Å²) in [7, 11) is 0. The van der Waals surface area contributed by atoms with Crippen LogP contribution in [0.2, 0.25) is 0 Å². The van der Waals surface area contributed by atoms with E-state index in [-0.39, 0.29) is 40.2 Å². The largest absolute Gasteiger partial charge is 0.449 e. The van der Waals surface area contributed by atoms with Crippen LogP contribution in [0, 0.1) is 34.5 Å². The van der Waals surface area contributed by atoms with Gasteiger partial charge in [0.1, 0.15) is 0 Å². The lowest BCUT2D eigenvalue weighted by Crippen LogP contribution is -2.62. The highest BCUT2D eigenvalue weighted by Crippen LogP contribution is 2.68. The summed E-state index contributed by atoms with van der Waals surface area (Å²) in [4.78, 5) is 34.6. The van der Waals surface area contributed by atoms with E-state index in [0.717, 1.165) is 49.8 Å². The number of aliphatic hydroxyl groups is 1. The molecule has 38 heavy (non-hydrogen) atoms. The molecule has 8 nitrogen and oxygen atoms in total. The van der Waals surface area contributed by atoms with Crippen LogP contribution in [0.15, 0.2) is 30.4 Å². The highest BCUT2D eigenvalue weighted by Gasteiger charge is 2.70. The van der Waals surface area contributed by atoms with Gasteiger partial charge < -0.3 is 9.84 Å². The predicted octanol–water partition coefficient (Wildman–Crippen LogP) is 3.96. The van der Waals surface area contributed by atoms with Gasteiger partial charge in [0.2, 0.25) is 5.12 Å². The molecule has 0 bridgehead atoms. The van der Waals surface area contributed by atoms with E-state index in [9.17, 15) is 14.7 Å². The number of fused-ring (bicyclic) bond motifs is 6. The molecule has 2 heterocycles. The van der Waals surface area contributed by atoms with Crippen LogP contribution in [-0.4, -0.2) is 47.6 Å². The number of thiol groups is 1. The van der Waals surface area contributed by atoms with Crippen molar-refractivity contribution in [3.05, 3.63) is 41.6 Å². The van der Waals surface area contributed by atoms with Crippen molar-refractivity contribution in [3.63, 3.8) is 0 Å². The maximum Gasteiger partial charge on any atom is 0.309 e. The van der Waals surface area contributed by atoms with Crippen LogP contribution in [0.25, 0.3) is 11.9 Å². The first kappa shape index (κ1) is 24.5. The monoisotopic (exact) mass is 534 g/mol. The molecule has 7 rings (SSSR count). The lowest BCUT2D eigenvalue weighted by molar-refractivity contribution is -0.197. The number of rotatable bonds is 4. The van der Waals surface area contributed by atoms with Crippen LogP contribution in [0.5, 0.6) is 0 Å². The summed E-state index contributed by atoms with van der Waals surface area (Å²) in [5.74, 6) is 0.794. The number of hydrogen-bond donors (Lipinski definition) is 2. The molecule has 4 saturated carbocycles. The number of carbonyl (C=O) groups excluding carboxylic acids is 2. The molecule has 2 aromatic rings. The number of allylic oxidation sites excluding steroid dienone is 1. The number of carbonyl (C=O) groups is 2. The van der Waals surface area contributed by atoms with Crippen LogP contribution < -0.4 is 0 Å². The minimum absolute atomic E-state index is 0.0542. The van der Waals surface area contributed by atoms with Gasteiger partial charge in [-0.3, -0.25) is 14.6 Å². The Labute approximate surface area is 227 Å². The smallest absolute Gasteiger partial charge is 0.309 e. The number of ether oxygens (including phenoxy) is 1. The number of nitrogens with zero attached hydrogens (tertiary/aromatic N) is 4. The molecule has 0 saturated heterocycles. The third kappa shape index (κ3) is 3.24. The van der Waals surface area contributed by atoms with Crippen molar-refractivity contribution in [2.24, 2.45) is 34.5 Å². The molecular formula is C29H34N4O4S. The topological polar surface area (TPSA) is 107 Å². The fraction of sp³-hybridized carbons (Fsp3) is 0.621. The van der Waals surface area contributed by atoms with Crippen molar-refractivity contribution in [3.8, 4) is 5.82 Å². The summed E-state index contributed by atoms with van der Waals surface area (Å²) in [5.41, 5.74) is 1.42. The molecule has 2 aromatic heterocycles. The summed E-state index contributed by atoms with van der Waals surface area (Å²) < 4.78 is 7.95. The lowest BCUT2D eigenvalue weighted by atomic mass is 9.45. The zero-order valence-electron chi connectivity index (χ0n) is 21.8. The Balaban J connectivity index is 1.24. The molecule has 1 N–H and O–H groups in total. The standard InChI is InChI=1S/C29H34N4O4S/c1-27-12-17-14-32-33(23-15-30-9-10-31-23)21(17)11-18(27)5-6-19-20-7-8-29(26(36)38,37-25(35)16-3-4-16)28(20,2)13-22(34)24(19)27/h9-11,14-16,19-20,22,24,34H,3-8,12-13H2,1-2H3,(H,36,38)/t19-,20?,22-,24?,27-,28-,29-/m0/s1. The SMILES string of the molecule is C[C@]12Cc3cnn(-c4cnccn4)c3C=C1CC[C@@H]1C2[C@@H](O)C[C@@]2(C)C1CC[C@]2(OC(=O)C1CC1)C(=O)S. The van der Waals surface area contributed by atoms with E-state index in [2.05, 4.69) is 47.6 Å². The summed E-state index contributed by atoms with van der Waals surface area (Å²) in [6.45, 7) is 4.36.